The maximum atomic E-state index is 17.6. The molecule has 2 saturated carbocycles. The van der Waals surface area contributed by atoms with Crippen molar-refractivity contribution in [2.45, 2.75) is 96.0 Å². The topological polar surface area (TPSA) is 91.3 Å². The number of fused-ring (bicyclic) bond motifs is 3. The normalized spacial score (nSPS) is 20.7. The van der Waals surface area contributed by atoms with Crippen LogP contribution in [0.4, 0.5) is 14.6 Å². The number of aromatic nitrogens is 3. The average molecular weight is 814 g/mol. The third kappa shape index (κ3) is 7.90. The van der Waals surface area contributed by atoms with Crippen molar-refractivity contribution < 1.29 is 32.5 Å². The number of rotatable bonds is 13. The van der Waals surface area contributed by atoms with Crippen LogP contribution in [0.3, 0.4) is 0 Å². The molecule has 4 heterocycles. The molecule has 10 nitrogen and oxygen atoms in total. The highest BCUT2D eigenvalue weighted by molar-refractivity contribution is 6.90. The Morgan fingerprint density at radius 1 is 0.966 bits per heavy atom. The number of hydrogen-bond donors (Lipinski definition) is 0. The fraction of sp³-hybridized carbons (Fsp3) is 0.578. The predicted molar refractivity (Wildman–Crippen MR) is 225 cm³/mol. The fourth-order valence-electron chi connectivity index (χ4n) is 9.57. The van der Waals surface area contributed by atoms with Crippen LogP contribution in [-0.2, 0) is 14.2 Å². The molecular formula is C45H57F2N5O5Si. The van der Waals surface area contributed by atoms with Gasteiger partial charge in [-0.25, -0.2) is 8.78 Å². The third-order valence-corrected chi connectivity index (χ3v) is 19.2. The van der Waals surface area contributed by atoms with E-state index in [0.717, 1.165) is 58.5 Å². The van der Waals surface area contributed by atoms with Gasteiger partial charge in [-0.2, -0.15) is 9.97 Å². The lowest BCUT2D eigenvalue weighted by Crippen LogP contribution is -2.43. The van der Waals surface area contributed by atoms with Gasteiger partial charge in [0.25, 0.3) is 0 Å². The fourth-order valence-corrected chi connectivity index (χ4v) is 14.8. The molecule has 2 aromatic heterocycles. The van der Waals surface area contributed by atoms with Crippen LogP contribution in [-0.4, -0.2) is 107 Å². The quantitative estimate of drug-likeness (QED) is 0.0744. The largest absolute Gasteiger partial charge is 0.468 e. The molecular weight excluding hydrogens is 757 g/mol. The molecule has 2 aliphatic heterocycles. The van der Waals surface area contributed by atoms with Crippen LogP contribution >= 0.6 is 0 Å². The number of halogens is 2. The standard InChI is InChI=1S/C45H57F2N5O5Si/c1-28(2)58(29(3)4,30(5)6)20-11-33-36(46)10-9-31-21-32(57-27-53-7)22-34(39(31)33)41-40(47)42-35(24-48-41)43(52-14-8-17-55-38-23-37(38)52)50-44(49-42)56-26-45(12-13-45)25-51-15-18-54-19-16-51/h9-10,21-22,24,28-30,37-38H,8,12-19,23,25-27H2,1-7H3. The number of pyridine rings is 1. The molecule has 0 spiro atoms. The molecule has 0 amide bonds. The molecule has 4 aliphatic rings. The van der Waals surface area contributed by atoms with Crippen LogP contribution in [0, 0.1) is 28.5 Å². The van der Waals surface area contributed by atoms with Gasteiger partial charge >= 0.3 is 6.01 Å². The Balaban J connectivity index is 1.28. The lowest BCUT2D eigenvalue weighted by molar-refractivity contribution is 0.0231. The second-order valence-corrected chi connectivity index (χ2v) is 23.2. The third-order valence-electron chi connectivity index (χ3n) is 12.9. The van der Waals surface area contributed by atoms with Gasteiger partial charge in [-0.15, -0.1) is 5.54 Å². The summed E-state index contributed by atoms with van der Waals surface area (Å²) in [6, 6.07) is 6.88. The van der Waals surface area contributed by atoms with Gasteiger partial charge in [-0.3, -0.25) is 9.88 Å². The van der Waals surface area contributed by atoms with Crippen molar-refractivity contribution in [2.24, 2.45) is 5.41 Å². The van der Waals surface area contributed by atoms with E-state index >= 15 is 8.78 Å². The van der Waals surface area contributed by atoms with Gasteiger partial charge < -0.3 is 28.6 Å². The van der Waals surface area contributed by atoms with Gasteiger partial charge in [0, 0.05) is 62.5 Å². The number of benzene rings is 2. The zero-order valence-corrected chi connectivity index (χ0v) is 36.0. The number of nitrogens with zero attached hydrogens (tertiary/aromatic N) is 5. The van der Waals surface area contributed by atoms with E-state index in [1.807, 2.05) is 6.07 Å². The van der Waals surface area contributed by atoms with E-state index in [1.165, 1.54) is 13.2 Å². The number of morpholine rings is 1. The van der Waals surface area contributed by atoms with E-state index in [1.54, 1.807) is 18.3 Å². The molecule has 4 aromatic rings. The van der Waals surface area contributed by atoms with E-state index in [4.69, 9.17) is 38.6 Å². The summed E-state index contributed by atoms with van der Waals surface area (Å²) >= 11 is 0. The van der Waals surface area contributed by atoms with Gasteiger partial charge in [-0.1, -0.05) is 53.5 Å². The lowest BCUT2D eigenvalue weighted by atomic mass is 9.95. The maximum absolute atomic E-state index is 17.6. The minimum atomic E-state index is -2.27. The molecule has 0 N–H and O–H groups in total. The van der Waals surface area contributed by atoms with Crippen LogP contribution in [0.2, 0.25) is 16.6 Å². The highest BCUT2D eigenvalue weighted by Crippen LogP contribution is 2.47. The summed E-state index contributed by atoms with van der Waals surface area (Å²) in [5.74, 6) is 3.26. The van der Waals surface area contributed by atoms with Crippen LogP contribution in [0.15, 0.2) is 30.5 Å². The van der Waals surface area contributed by atoms with Crippen LogP contribution in [0.5, 0.6) is 11.8 Å². The molecule has 0 bridgehead atoms. The van der Waals surface area contributed by atoms with Crippen molar-refractivity contribution in [3.8, 4) is 34.5 Å². The summed E-state index contributed by atoms with van der Waals surface area (Å²) in [5, 5.41) is 1.60. The Morgan fingerprint density at radius 3 is 2.43 bits per heavy atom. The van der Waals surface area contributed by atoms with Gasteiger partial charge in [0.1, 0.15) is 36.7 Å². The minimum absolute atomic E-state index is 0.0000219. The molecule has 4 fully saturated rings. The Labute approximate surface area is 342 Å². The SMILES string of the molecule is COCOc1cc(-c2ncc3c(N4CCCOC5CC54)nc(OCC4(CN5CCOCC5)CC4)nc3c2F)c2c(C#C[Si](C(C)C)(C(C)C)C(C)C)c(F)ccc2c1. The predicted octanol–water partition coefficient (Wildman–Crippen LogP) is 8.53. The highest BCUT2D eigenvalue weighted by Gasteiger charge is 2.47. The van der Waals surface area contributed by atoms with Gasteiger partial charge in [0.15, 0.2) is 12.6 Å². The minimum Gasteiger partial charge on any atom is -0.468 e. The average Bonchev–Trinajstić information content (AvgIpc) is 4.14. The van der Waals surface area contributed by atoms with Crippen LogP contribution in [0.25, 0.3) is 32.9 Å². The second-order valence-electron chi connectivity index (χ2n) is 17.6. The first-order chi connectivity index (χ1) is 27.9. The van der Waals surface area contributed by atoms with Crippen molar-refractivity contribution in [1.29, 1.82) is 0 Å². The van der Waals surface area contributed by atoms with E-state index in [-0.39, 0.29) is 47.1 Å². The molecule has 8 rings (SSSR count). The molecule has 58 heavy (non-hydrogen) atoms. The molecule has 2 aliphatic carbocycles. The smallest absolute Gasteiger partial charge is 0.319 e. The zero-order valence-electron chi connectivity index (χ0n) is 35.0. The summed E-state index contributed by atoms with van der Waals surface area (Å²) in [6.07, 6.45) is 5.54. The monoisotopic (exact) mass is 813 g/mol. The summed E-state index contributed by atoms with van der Waals surface area (Å²) in [7, 11) is -0.733. The molecule has 0 radical (unpaired) electrons. The first-order valence-electron chi connectivity index (χ1n) is 21.0. The lowest BCUT2D eigenvalue weighted by Gasteiger charge is -2.38. The van der Waals surface area contributed by atoms with Crippen LogP contribution in [0.1, 0.15) is 72.8 Å². The number of ether oxygens (including phenoxy) is 5. The molecule has 310 valence electrons. The Hall–Kier alpha value is -3.93. The second kappa shape index (κ2) is 16.6. The number of methoxy groups -OCH3 is 1. The first kappa shape index (κ1) is 40.8. The van der Waals surface area contributed by atoms with Gasteiger partial charge in [-0.05, 0) is 65.9 Å². The molecule has 2 unspecified atom stereocenters. The summed E-state index contributed by atoms with van der Waals surface area (Å²) in [5.41, 5.74) is 5.40. The van der Waals surface area contributed by atoms with Gasteiger partial charge in [0.05, 0.1) is 42.9 Å². The Bertz CT molecular complexity index is 2200. The van der Waals surface area contributed by atoms with E-state index in [9.17, 15) is 0 Å². The summed E-state index contributed by atoms with van der Waals surface area (Å²) in [4.78, 5) is 19.2. The summed E-state index contributed by atoms with van der Waals surface area (Å²) < 4.78 is 63.1. The van der Waals surface area contributed by atoms with Crippen molar-refractivity contribution >= 4 is 35.6 Å². The number of hydrogen-bond acceptors (Lipinski definition) is 10. The van der Waals surface area contributed by atoms with Crippen molar-refractivity contribution in [1.82, 2.24) is 19.9 Å². The van der Waals surface area contributed by atoms with Crippen molar-refractivity contribution in [3.63, 3.8) is 0 Å². The zero-order chi connectivity index (χ0) is 40.8. The molecule has 2 aromatic carbocycles. The maximum Gasteiger partial charge on any atom is 0.319 e. The molecule has 2 saturated heterocycles. The van der Waals surface area contributed by atoms with Gasteiger partial charge in [0.2, 0.25) is 0 Å². The first-order valence-corrected chi connectivity index (χ1v) is 23.3. The molecule has 13 heteroatoms. The van der Waals surface area contributed by atoms with E-state index < -0.39 is 19.7 Å². The van der Waals surface area contributed by atoms with Crippen molar-refractivity contribution in [2.75, 3.05) is 71.4 Å². The Morgan fingerprint density at radius 2 is 1.72 bits per heavy atom. The Kier molecular flexibility index (Phi) is 11.7. The van der Waals surface area contributed by atoms with E-state index in [0.29, 0.717) is 69.7 Å². The summed E-state index contributed by atoms with van der Waals surface area (Å²) in [6.45, 7) is 19.3. The highest BCUT2D eigenvalue weighted by atomic mass is 28.3. The molecule has 2 atom stereocenters. The van der Waals surface area contributed by atoms with Crippen LogP contribution < -0.4 is 14.4 Å². The van der Waals surface area contributed by atoms with Crippen molar-refractivity contribution in [3.05, 3.63) is 47.7 Å². The van der Waals surface area contributed by atoms with E-state index in [2.05, 4.69) is 62.8 Å². The number of anilines is 1.